The molecule has 1 fully saturated rings. The average Bonchev–Trinajstić information content (AvgIpc) is 2.74. The monoisotopic (exact) mass is 414 g/mol. The van der Waals surface area contributed by atoms with Crippen molar-refractivity contribution in [1.29, 1.82) is 0 Å². The first-order valence-corrected chi connectivity index (χ1v) is 11.9. The number of nitrogens with one attached hydrogen (secondary N) is 1. The Morgan fingerprint density at radius 1 is 1.07 bits per heavy atom. The highest BCUT2D eigenvalue weighted by atomic mass is 32.2. The minimum absolute atomic E-state index is 0.00785. The number of nitrogens with zero attached hydrogens (tertiary/aromatic N) is 1. The van der Waals surface area contributed by atoms with Crippen LogP contribution < -0.4 is 5.32 Å². The fraction of sp³-hybridized carbons (Fsp3) is 0.435. The summed E-state index contributed by atoms with van der Waals surface area (Å²) in [5.74, 6) is -0.100. The van der Waals surface area contributed by atoms with Gasteiger partial charge in [0, 0.05) is 19.0 Å². The van der Waals surface area contributed by atoms with Crippen LogP contribution in [0.5, 0.6) is 0 Å². The van der Waals surface area contributed by atoms with Crippen LogP contribution in [0, 0.1) is 12.8 Å². The molecule has 0 bridgehead atoms. The van der Waals surface area contributed by atoms with E-state index in [1.54, 1.807) is 0 Å². The van der Waals surface area contributed by atoms with Gasteiger partial charge >= 0.3 is 0 Å². The van der Waals surface area contributed by atoms with Gasteiger partial charge in [0.05, 0.1) is 11.8 Å². The molecule has 0 radical (unpaired) electrons. The van der Waals surface area contributed by atoms with Crippen molar-refractivity contribution in [2.75, 3.05) is 13.1 Å². The summed E-state index contributed by atoms with van der Waals surface area (Å²) in [5.41, 5.74) is 2.92. The molecule has 0 saturated carbocycles. The van der Waals surface area contributed by atoms with Gasteiger partial charge in [0.2, 0.25) is 15.9 Å². The number of hydrogen-bond acceptors (Lipinski definition) is 3. The van der Waals surface area contributed by atoms with Crippen LogP contribution in [0.15, 0.2) is 54.6 Å². The molecule has 156 valence electrons. The third kappa shape index (κ3) is 5.46. The van der Waals surface area contributed by atoms with E-state index in [0.717, 1.165) is 23.1 Å². The van der Waals surface area contributed by atoms with Crippen LogP contribution in [-0.2, 0) is 20.6 Å². The van der Waals surface area contributed by atoms with E-state index < -0.39 is 10.0 Å². The number of piperidine rings is 1. The minimum Gasteiger partial charge on any atom is -0.349 e. The van der Waals surface area contributed by atoms with E-state index in [1.807, 2.05) is 61.5 Å². The lowest BCUT2D eigenvalue weighted by Crippen LogP contribution is -2.44. The molecule has 1 saturated heterocycles. The second-order valence-electron chi connectivity index (χ2n) is 7.74. The van der Waals surface area contributed by atoms with Crippen molar-refractivity contribution in [3.8, 4) is 0 Å². The second kappa shape index (κ2) is 9.55. The van der Waals surface area contributed by atoms with Crippen molar-refractivity contribution in [3.05, 3.63) is 71.3 Å². The van der Waals surface area contributed by atoms with Crippen LogP contribution in [-0.4, -0.2) is 31.7 Å². The predicted molar refractivity (Wildman–Crippen MR) is 116 cm³/mol. The van der Waals surface area contributed by atoms with Crippen LogP contribution in [0.25, 0.3) is 0 Å². The van der Waals surface area contributed by atoms with Crippen molar-refractivity contribution in [1.82, 2.24) is 9.62 Å². The molecule has 1 N–H and O–H groups in total. The summed E-state index contributed by atoms with van der Waals surface area (Å²) < 4.78 is 27.2. The molecule has 5 nitrogen and oxygen atoms in total. The summed E-state index contributed by atoms with van der Waals surface area (Å²) in [4.78, 5) is 12.8. The number of carbonyl (C=O) groups is 1. The molecule has 1 atom stereocenters. The molecular weight excluding hydrogens is 384 g/mol. The Balaban J connectivity index is 1.57. The maximum Gasteiger partial charge on any atom is 0.223 e. The molecule has 1 aliphatic heterocycles. The molecule has 6 heteroatoms. The second-order valence-corrected chi connectivity index (χ2v) is 9.71. The van der Waals surface area contributed by atoms with E-state index in [4.69, 9.17) is 0 Å². The van der Waals surface area contributed by atoms with Gasteiger partial charge in [0.25, 0.3) is 0 Å². The van der Waals surface area contributed by atoms with Crippen molar-refractivity contribution in [2.45, 2.75) is 44.9 Å². The average molecular weight is 415 g/mol. The first-order valence-electron chi connectivity index (χ1n) is 10.3. The number of aryl methyl sites for hydroxylation is 1. The molecular formula is C23H30N2O3S. The van der Waals surface area contributed by atoms with E-state index in [9.17, 15) is 13.2 Å². The summed E-state index contributed by atoms with van der Waals surface area (Å²) in [6.45, 7) is 4.78. The number of carbonyl (C=O) groups excluding carboxylic acids is 1. The summed E-state index contributed by atoms with van der Waals surface area (Å²) >= 11 is 0. The normalized spacial score (nSPS) is 17.0. The molecule has 0 unspecified atom stereocenters. The van der Waals surface area contributed by atoms with Gasteiger partial charge in [-0.25, -0.2) is 12.7 Å². The Labute approximate surface area is 174 Å². The maximum absolute atomic E-state index is 12.8. The SMILES string of the molecule is CC[C@@H](NC(=O)C1CCN(S(=O)(=O)Cc2ccccc2C)CC1)c1ccccc1. The first kappa shape index (κ1) is 21.5. The zero-order valence-electron chi connectivity index (χ0n) is 17.2. The van der Waals surface area contributed by atoms with Crippen molar-refractivity contribution < 1.29 is 13.2 Å². The van der Waals surface area contributed by atoms with Crippen LogP contribution in [0.1, 0.15) is 48.9 Å². The lowest BCUT2D eigenvalue weighted by Gasteiger charge is -2.31. The molecule has 0 aliphatic carbocycles. The fourth-order valence-corrected chi connectivity index (χ4v) is 5.52. The van der Waals surface area contributed by atoms with E-state index in [0.29, 0.717) is 25.9 Å². The highest BCUT2D eigenvalue weighted by molar-refractivity contribution is 7.88. The van der Waals surface area contributed by atoms with Crippen LogP contribution >= 0.6 is 0 Å². The van der Waals surface area contributed by atoms with Gasteiger partial charge in [-0.15, -0.1) is 0 Å². The summed E-state index contributed by atoms with van der Waals surface area (Å²) in [5, 5.41) is 3.15. The molecule has 3 rings (SSSR count). The Morgan fingerprint density at radius 3 is 2.31 bits per heavy atom. The van der Waals surface area contributed by atoms with Crippen LogP contribution in [0.4, 0.5) is 0 Å². The Kier molecular flexibility index (Phi) is 7.09. The molecule has 0 spiro atoms. The standard InChI is InChI=1S/C23H30N2O3S/c1-3-22(19-10-5-4-6-11-19)24-23(26)20-13-15-25(16-14-20)29(27,28)17-21-12-8-7-9-18(21)2/h4-12,20,22H,3,13-17H2,1-2H3,(H,24,26)/t22-/m1/s1. The number of hydrogen-bond donors (Lipinski definition) is 1. The molecule has 0 aromatic heterocycles. The third-order valence-electron chi connectivity index (χ3n) is 5.74. The third-order valence-corrected chi connectivity index (χ3v) is 7.57. The fourth-order valence-electron chi connectivity index (χ4n) is 3.85. The predicted octanol–water partition coefficient (Wildman–Crippen LogP) is 3.80. The lowest BCUT2D eigenvalue weighted by molar-refractivity contribution is -0.126. The van der Waals surface area contributed by atoms with Crippen LogP contribution in [0.3, 0.4) is 0 Å². The maximum atomic E-state index is 12.8. The molecule has 1 amide bonds. The minimum atomic E-state index is -3.38. The quantitative estimate of drug-likeness (QED) is 0.749. The molecule has 2 aromatic carbocycles. The van der Waals surface area contributed by atoms with Gasteiger partial charge in [-0.3, -0.25) is 4.79 Å². The zero-order valence-corrected chi connectivity index (χ0v) is 18.0. The lowest BCUT2D eigenvalue weighted by atomic mass is 9.96. The summed E-state index contributed by atoms with van der Waals surface area (Å²) in [7, 11) is -3.38. The molecule has 1 heterocycles. The van der Waals surface area contributed by atoms with E-state index in [-0.39, 0.29) is 23.6 Å². The van der Waals surface area contributed by atoms with Gasteiger partial charge < -0.3 is 5.32 Å². The van der Waals surface area contributed by atoms with Gasteiger partial charge in [0.15, 0.2) is 0 Å². The number of amides is 1. The Hall–Kier alpha value is -2.18. The van der Waals surface area contributed by atoms with Gasteiger partial charge in [-0.1, -0.05) is 61.5 Å². The van der Waals surface area contributed by atoms with Crippen molar-refractivity contribution in [3.63, 3.8) is 0 Å². The summed E-state index contributed by atoms with van der Waals surface area (Å²) in [6, 6.07) is 17.5. The number of benzene rings is 2. The number of sulfonamides is 1. The van der Waals surface area contributed by atoms with Crippen LogP contribution in [0.2, 0.25) is 0 Å². The number of rotatable bonds is 7. The molecule has 1 aliphatic rings. The van der Waals surface area contributed by atoms with E-state index >= 15 is 0 Å². The molecule has 2 aromatic rings. The first-order chi connectivity index (χ1) is 13.9. The topological polar surface area (TPSA) is 66.5 Å². The van der Waals surface area contributed by atoms with Gasteiger partial charge in [-0.05, 0) is 42.9 Å². The van der Waals surface area contributed by atoms with E-state index in [2.05, 4.69) is 12.2 Å². The van der Waals surface area contributed by atoms with Crippen molar-refractivity contribution in [2.24, 2.45) is 5.92 Å². The van der Waals surface area contributed by atoms with Gasteiger partial charge in [0.1, 0.15) is 0 Å². The molecule has 29 heavy (non-hydrogen) atoms. The zero-order chi connectivity index (χ0) is 20.9. The Bertz CT molecular complexity index is 920. The smallest absolute Gasteiger partial charge is 0.223 e. The highest BCUT2D eigenvalue weighted by Crippen LogP contribution is 2.24. The van der Waals surface area contributed by atoms with Crippen molar-refractivity contribution >= 4 is 15.9 Å². The van der Waals surface area contributed by atoms with E-state index in [1.165, 1.54) is 4.31 Å². The highest BCUT2D eigenvalue weighted by Gasteiger charge is 2.32. The summed E-state index contributed by atoms with van der Waals surface area (Å²) in [6.07, 6.45) is 1.94. The van der Waals surface area contributed by atoms with Gasteiger partial charge in [-0.2, -0.15) is 0 Å². The Morgan fingerprint density at radius 2 is 1.69 bits per heavy atom. The largest absolute Gasteiger partial charge is 0.349 e.